The first-order chi connectivity index (χ1) is 9.02. The van der Waals surface area contributed by atoms with Crippen LogP contribution in [0.5, 0.6) is 0 Å². The van der Waals surface area contributed by atoms with E-state index in [1.165, 1.54) is 16.7 Å². The van der Waals surface area contributed by atoms with Gasteiger partial charge in [-0.3, -0.25) is 4.48 Å². The average Bonchev–Trinajstić information content (AvgIpc) is 2.36. The molecule has 1 heterocycles. The summed E-state index contributed by atoms with van der Waals surface area (Å²) in [5, 5.41) is 0. The Hall–Kier alpha value is -1.16. The van der Waals surface area contributed by atoms with Crippen molar-refractivity contribution in [2.45, 2.75) is 0 Å². The SMILES string of the molecule is C[N+]1(C)C=C(/C(=C\CN)c2ccc(Br)cc2)C=CC1. The highest BCUT2D eigenvalue weighted by atomic mass is 79.9. The lowest BCUT2D eigenvalue weighted by Gasteiger charge is -2.28. The second kappa shape index (κ2) is 5.87. The van der Waals surface area contributed by atoms with Crippen molar-refractivity contribution in [3.8, 4) is 0 Å². The predicted molar refractivity (Wildman–Crippen MR) is 85.4 cm³/mol. The lowest BCUT2D eigenvalue weighted by Crippen LogP contribution is -2.35. The number of hydrogen-bond acceptors (Lipinski definition) is 1. The molecule has 100 valence electrons. The van der Waals surface area contributed by atoms with E-state index in [0.29, 0.717) is 6.54 Å². The topological polar surface area (TPSA) is 26.0 Å². The molecule has 0 unspecified atom stereocenters. The van der Waals surface area contributed by atoms with E-state index >= 15 is 0 Å². The molecule has 0 aliphatic carbocycles. The van der Waals surface area contributed by atoms with Crippen LogP contribution in [0.2, 0.25) is 0 Å². The molecule has 0 aromatic heterocycles. The van der Waals surface area contributed by atoms with Crippen molar-refractivity contribution in [3.63, 3.8) is 0 Å². The highest BCUT2D eigenvalue weighted by Gasteiger charge is 2.18. The Morgan fingerprint density at radius 3 is 2.58 bits per heavy atom. The second-order valence-corrected chi connectivity index (χ2v) is 6.22. The number of hydrogen-bond donors (Lipinski definition) is 1. The van der Waals surface area contributed by atoms with Gasteiger partial charge in [0.2, 0.25) is 0 Å². The molecule has 0 radical (unpaired) electrons. The first-order valence-electron chi connectivity index (χ1n) is 6.40. The molecule has 1 aliphatic heterocycles. The first-order valence-corrected chi connectivity index (χ1v) is 7.20. The van der Waals surface area contributed by atoms with Crippen molar-refractivity contribution in [2.24, 2.45) is 5.73 Å². The van der Waals surface area contributed by atoms with Gasteiger partial charge in [0, 0.05) is 16.6 Å². The minimum Gasteiger partial charge on any atom is -0.327 e. The van der Waals surface area contributed by atoms with Gasteiger partial charge < -0.3 is 5.73 Å². The maximum atomic E-state index is 5.73. The van der Waals surface area contributed by atoms with Crippen LogP contribution in [0.4, 0.5) is 0 Å². The quantitative estimate of drug-likeness (QED) is 0.850. The first kappa shape index (κ1) is 14.3. The summed E-state index contributed by atoms with van der Waals surface area (Å²) in [7, 11) is 4.40. The molecule has 0 spiro atoms. The monoisotopic (exact) mass is 319 g/mol. The number of allylic oxidation sites excluding steroid dienone is 3. The van der Waals surface area contributed by atoms with Crippen LogP contribution in [0, 0.1) is 0 Å². The van der Waals surface area contributed by atoms with Crippen LogP contribution in [-0.4, -0.2) is 31.7 Å². The van der Waals surface area contributed by atoms with Crippen molar-refractivity contribution < 1.29 is 4.48 Å². The number of halogens is 1. The van der Waals surface area contributed by atoms with Gasteiger partial charge in [-0.05, 0) is 35.4 Å². The summed E-state index contributed by atoms with van der Waals surface area (Å²) >= 11 is 3.47. The summed E-state index contributed by atoms with van der Waals surface area (Å²) in [6, 6.07) is 8.36. The Morgan fingerprint density at radius 1 is 1.32 bits per heavy atom. The summed E-state index contributed by atoms with van der Waals surface area (Å²) in [4.78, 5) is 0. The smallest absolute Gasteiger partial charge is 0.104 e. The predicted octanol–water partition coefficient (Wildman–Crippen LogP) is 3.32. The van der Waals surface area contributed by atoms with Crippen molar-refractivity contribution in [2.75, 3.05) is 27.2 Å². The van der Waals surface area contributed by atoms with Crippen LogP contribution < -0.4 is 5.73 Å². The van der Waals surface area contributed by atoms with Gasteiger partial charge in [-0.1, -0.05) is 34.1 Å². The maximum absolute atomic E-state index is 5.73. The second-order valence-electron chi connectivity index (χ2n) is 5.31. The van der Waals surface area contributed by atoms with Crippen LogP contribution >= 0.6 is 15.9 Å². The van der Waals surface area contributed by atoms with Gasteiger partial charge in [0.05, 0.1) is 14.1 Å². The van der Waals surface area contributed by atoms with Crippen molar-refractivity contribution in [1.82, 2.24) is 0 Å². The van der Waals surface area contributed by atoms with E-state index in [1.54, 1.807) is 0 Å². The van der Waals surface area contributed by atoms with Crippen LogP contribution in [-0.2, 0) is 0 Å². The van der Waals surface area contributed by atoms with E-state index in [4.69, 9.17) is 5.73 Å². The fourth-order valence-electron chi connectivity index (χ4n) is 2.23. The molecule has 0 atom stereocenters. The van der Waals surface area contributed by atoms with Crippen molar-refractivity contribution >= 4 is 21.5 Å². The van der Waals surface area contributed by atoms with Gasteiger partial charge in [0.25, 0.3) is 0 Å². The van der Waals surface area contributed by atoms with Gasteiger partial charge in [0.15, 0.2) is 0 Å². The van der Waals surface area contributed by atoms with Crippen molar-refractivity contribution in [1.29, 1.82) is 0 Å². The van der Waals surface area contributed by atoms with Crippen LogP contribution in [0.25, 0.3) is 5.57 Å². The van der Waals surface area contributed by atoms with E-state index in [-0.39, 0.29) is 0 Å². The van der Waals surface area contributed by atoms with Crippen LogP contribution in [0.1, 0.15) is 5.56 Å². The lowest BCUT2D eigenvalue weighted by molar-refractivity contribution is -0.833. The Labute approximate surface area is 123 Å². The van der Waals surface area contributed by atoms with Gasteiger partial charge in [-0.2, -0.15) is 0 Å². The summed E-state index contributed by atoms with van der Waals surface area (Å²) in [5.74, 6) is 0. The summed E-state index contributed by atoms with van der Waals surface area (Å²) < 4.78 is 1.96. The van der Waals surface area contributed by atoms with Gasteiger partial charge in [-0.15, -0.1) is 0 Å². The van der Waals surface area contributed by atoms with E-state index in [9.17, 15) is 0 Å². The molecule has 0 saturated heterocycles. The summed E-state index contributed by atoms with van der Waals surface area (Å²) in [6.45, 7) is 1.57. The highest BCUT2D eigenvalue weighted by molar-refractivity contribution is 9.10. The van der Waals surface area contributed by atoms with Gasteiger partial charge >= 0.3 is 0 Å². The number of quaternary nitrogens is 1. The average molecular weight is 320 g/mol. The minimum absolute atomic E-state index is 0.546. The normalized spacial score (nSPS) is 18.3. The van der Waals surface area contributed by atoms with Crippen molar-refractivity contribution in [3.05, 3.63) is 64.3 Å². The van der Waals surface area contributed by atoms with Gasteiger partial charge in [-0.25, -0.2) is 0 Å². The Bertz CT molecular complexity index is 536. The summed E-state index contributed by atoms with van der Waals surface area (Å²) in [6.07, 6.45) is 8.78. The molecule has 3 heteroatoms. The third-order valence-electron chi connectivity index (χ3n) is 3.15. The highest BCUT2D eigenvalue weighted by Crippen LogP contribution is 2.28. The molecule has 1 aromatic carbocycles. The fourth-order valence-corrected chi connectivity index (χ4v) is 2.50. The third-order valence-corrected chi connectivity index (χ3v) is 3.68. The molecular formula is C16H20BrN2+. The molecule has 2 rings (SSSR count). The Morgan fingerprint density at radius 2 is 2.00 bits per heavy atom. The van der Waals surface area contributed by atoms with E-state index in [0.717, 1.165) is 15.5 Å². The Kier molecular flexibility index (Phi) is 4.40. The number of likely N-dealkylation sites (N-methyl/N-ethyl adjacent to an activating group) is 1. The largest absolute Gasteiger partial charge is 0.327 e. The maximum Gasteiger partial charge on any atom is 0.104 e. The molecule has 0 bridgehead atoms. The summed E-state index contributed by atoms with van der Waals surface area (Å²) in [5.41, 5.74) is 9.37. The minimum atomic E-state index is 0.546. The molecule has 0 saturated carbocycles. The number of rotatable bonds is 3. The molecule has 0 amide bonds. The standard InChI is InChI=1S/C16H20BrN2/c1-19(2)11-3-4-14(12-19)16(9-10-18)13-5-7-15(17)8-6-13/h3-9,12H,10-11,18H2,1-2H3/q+1/b16-9-. The third kappa shape index (κ3) is 3.66. The van der Waals surface area contributed by atoms with Crippen LogP contribution in [0.3, 0.4) is 0 Å². The number of nitrogens with zero attached hydrogens (tertiary/aromatic N) is 1. The van der Waals surface area contributed by atoms with E-state index in [2.05, 4.69) is 78.7 Å². The van der Waals surface area contributed by atoms with Crippen LogP contribution in [0.15, 0.2) is 58.7 Å². The number of nitrogens with two attached hydrogens (primary N) is 1. The zero-order valence-electron chi connectivity index (χ0n) is 11.4. The van der Waals surface area contributed by atoms with Gasteiger partial charge in [0.1, 0.15) is 12.7 Å². The molecule has 0 fully saturated rings. The van der Waals surface area contributed by atoms with E-state index < -0.39 is 0 Å². The molecule has 2 N–H and O–H groups in total. The molecule has 1 aliphatic rings. The fraction of sp³-hybridized carbons (Fsp3) is 0.250. The molecular weight excluding hydrogens is 300 g/mol. The number of benzene rings is 1. The Balaban J connectivity index is 2.42. The zero-order chi connectivity index (χ0) is 13.9. The van der Waals surface area contributed by atoms with E-state index in [1.807, 2.05) is 0 Å². The zero-order valence-corrected chi connectivity index (χ0v) is 13.0. The lowest BCUT2D eigenvalue weighted by atomic mass is 9.96. The molecule has 1 aromatic rings. The molecule has 2 nitrogen and oxygen atoms in total. The molecule has 19 heavy (non-hydrogen) atoms.